The number of phenols is 2. The van der Waals surface area contributed by atoms with Gasteiger partial charge in [0.1, 0.15) is 11.6 Å². The van der Waals surface area contributed by atoms with Gasteiger partial charge >= 0.3 is 0 Å². The number of aromatic hydroxyl groups is 2. The summed E-state index contributed by atoms with van der Waals surface area (Å²) in [5, 5.41) is 28.5. The summed E-state index contributed by atoms with van der Waals surface area (Å²) in [6.07, 6.45) is 2.29. The second-order valence-electron chi connectivity index (χ2n) is 5.81. The largest absolute Gasteiger partial charge is 0.504 e. The molecule has 1 aromatic carbocycles. The topological polar surface area (TPSA) is 86.2 Å². The Balaban J connectivity index is 2.47. The Hall–Kier alpha value is -2.71. The molecule has 0 unspecified atom stereocenters. The Labute approximate surface area is 151 Å². The molecule has 0 saturated heterocycles. The average Bonchev–Trinajstić information content (AvgIpc) is 2.85. The summed E-state index contributed by atoms with van der Waals surface area (Å²) in [5.74, 6) is -1.24. The highest BCUT2D eigenvalue weighted by atomic mass is 35.5. The molecule has 0 bridgehead atoms. The van der Waals surface area contributed by atoms with E-state index in [1.165, 1.54) is 18.2 Å². The molecule has 1 aromatic heterocycles. The minimum atomic E-state index is -0.438. The fourth-order valence-electron chi connectivity index (χ4n) is 2.75. The van der Waals surface area contributed by atoms with Crippen molar-refractivity contribution >= 4 is 23.5 Å². The van der Waals surface area contributed by atoms with E-state index >= 15 is 0 Å². The third-order valence-corrected chi connectivity index (χ3v) is 4.30. The van der Waals surface area contributed by atoms with E-state index in [1.807, 2.05) is 24.5 Å². The van der Waals surface area contributed by atoms with Gasteiger partial charge in [0, 0.05) is 23.5 Å². The first-order valence-electron chi connectivity index (χ1n) is 7.84. The smallest absolute Gasteiger partial charge is 0.205 e. The average molecular weight is 359 g/mol. The maximum atomic E-state index is 12.8. The molecule has 0 aliphatic rings. The highest BCUT2D eigenvalue weighted by molar-refractivity contribution is 6.32. The number of Topliss-reactive ketones (excluding diaryl/α,β-unsaturated/α-hetero) is 1. The molecule has 0 radical (unpaired) electrons. The summed E-state index contributed by atoms with van der Waals surface area (Å²) >= 11 is 5.82. The maximum Gasteiger partial charge on any atom is 0.205 e. The van der Waals surface area contributed by atoms with Crippen LogP contribution in [0.4, 0.5) is 0 Å². The Bertz CT molecular complexity index is 881. The molecule has 0 atom stereocenters. The van der Waals surface area contributed by atoms with Gasteiger partial charge in [0.25, 0.3) is 0 Å². The van der Waals surface area contributed by atoms with Crippen LogP contribution in [0.3, 0.4) is 0 Å². The summed E-state index contributed by atoms with van der Waals surface area (Å²) < 4.78 is 2.05. The number of halogens is 1. The molecule has 0 amide bonds. The molecule has 25 heavy (non-hydrogen) atoms. The number of allylic oxidation sites excluding steroid dienone is 1. The zero-order valence-electron chi connectivity index (χ0n) is 14.3. The second kappa shape index (κ2) is 7.45. The van der Waals surface area contributed by atoms with Crippen LogP contribution in [-0.2, 0) is 6.54 Å². The zero-order chi connectivity index (χ0) is 18.7. The van der Waals surface area contributed by atoms with Crippen LogP contribution in [0.25, 0.3) is 6.08 Å². The van der Waals surface area contributed by atoms with Crippen LogP contribution in [0.15, 0.2) is 23.8 Å². The molecule has 0 spiro atoms. The molecule has 0 saturated carbocycles. The van der Waals surface area contributed by atoms with Gasteiger partial charge in [0.2, 0.25) is 5.78 Å². The van der Waals surface area contributed by atoms with E-state index in [0.717, 1.165) is 24.4 Å². The molecule has 2 rings (SSSR count). The minimum absolute atomic E-state index is 0.0582. The first-order chi connectivity index (χ1) is 11.8. The molecular formula is C19H19ClN2O3. The van der Waals surface area contributed by atoms with E-state index in [4.69, 9.17) is 11.6 Å². The molecule has 0 fully saturated rings. The van der Waals surface area contributed by atoms with Crippen LogP contribution in [0.1, 0.15) is 40.7 Å². The van der Waals surface area contributed by atoms with Crippen molar-refractivity contribution in [3.8, 4) is 17.6 Å². The molecule has 2 N–H and O–H groups in total. The Morgan fingerprint density at radius 1 is 1.32 bits per heavy atom. The van der Waals surface area contributed by atoms with Gasteiger partial charge in [-0.15, -0.1) is 0 Å². The number of aryl methyl sites for hydroxylation is 1. The molecule has 0 aliphatic heterocycles. The lowest BCUT2D eigenvalue weighted by atomic mass is 10.0. The molecule has 6 heteroatoms. The first-order valence-corrected chi connectivity index (χ1v) is 8.22. The number of benzene rings is 1. The zero-order valence-corrected chi connectivity index (χ0v) is 15.1. The third-order valence-electron chi connectivity index (χ3n) is 4.01. The summed E-state index contributed by atoms with van der Waals surface area (Å²) in [6, 6.07) is 6.30. The van der Waals surface area contributed by atoms with E-state index in [-0.39, 0.29) is 16.4 Å². The fraction of sp³-hybridized carbons (Fsp3) is 0.263. The van der Waals surface area contributed by atoms with Gasteiger partial charge in [-0.05, 0) is 50.1 Å². The standard InChI is InChI=1S/C19H19ClN2O3/c1-4-5-22-11(2)6-15(12(22)3)18(24)14(10-21)7-13-8-16(20)19(25)17(23)9-13/h6-9,23,25H,4-5H2,1-3H3/b14-7+. The van der Waals surface area contributed by atoms with Gasteiger partial charge in [-0.2, -0.15) is 5.26 Å². The van der Waals surface area contributed by atoms with Gasteiger partial charge in [0.15, 0.2) is 11.5 Å². The predicted molar refractivity (Wildman–Crippen MR) is 96.9 cm³/mol. The van der Waals surface area contributed by atoms with Crippen molar-refractivity contribution in [2.75, 3.05) is 0 Å². The number of rotatable bonds is 5. The van der Waals surface area contributed by atoms with Crippen molar-refractivity contribution in [3.05, 3.63) is 51.3 Å². The lowest BCUT2D eigenvalue weighted by molar-refractivity contribution is 0.103. The van der Waals surface area contributed by atoms with Crippen molar-refractivity contribution < 1.29 is 15.0 Å². The number of aromatic nitrogens is 1. The Kier molecular flexibility index (Phi) is 5.55. The van der Waals surface area contributed by atoms with Crippen LogP contribution in [0, 0.1) is 25.2 Å². The summed E-state index contributed by atoms with van der Waals surface area (Å²) in [4.78, 5) is 12.8. The lowest BCUT2D eigenvalue weighted by Gasteiger charge is -2.07. The summed E-state index contributed by atoms with van der Waals surface area (Å²) in [5.41, 5.74) is 2.54. The van der Waals surface area contributed by atoms with E-state index in [1.54, 1.807) is 6.07 Å². The SMILES string of the molecule is CCCn1c(C)cc(C(=O)/C(C#N)=C/c2cc(O)c(O)c(Cl)c2)c1C. The van der Waals surface area contributed by atoms with Crippen LogP contribution in [0.2, 0.25) is 5.02 Å². The number of hydrogen-bond donors (Lipinski definition) is 2. The van der Waals surface area contributed by atoms with Crippen molar-refractivity contribution in [2.24, 2.45) is 0 Å². The van der Waals surface area contributed by atoms with E-state index in [2.05, 4.69) is 6.92 Å². The Morgan fingerprint density at radius 2 is 2.00 bits per heavy atom. The molecule has 1 heterocycles. The fourth-order valence-corrected chi connectivity index (χ4v) is 2.97. The van der Waals surface area contributed by atoms with Crippen LogP contribution in [-0.4, -0.2) is 20.6 Å². The minimum Gasteiger partial charge on any atom is -0.504 e. The predicted octanol–water partition coefficient (Wildman–Crippen LogP) is 4.37. The van der Waals surface area contributed by atoms with E-state index in [0.29, 0.717) is 11.1 Å². The quantitative estimate of drug-likeness (QED) is 0.359. The molecule has 5 nitrogen and oxygen atoms in total. The number of nitrogens with zero attached hydrogens (tertiary/aromatic N) is 2. The van der Waals surface area contributed by atoms with E-state index in [9.17, 15) is 20.3 Å². The first kappa shape index (κ1) is 18.6. The highest BCUT2D eigenvalue weighted by Crippen LogP contribution is 2.34. The number of hydrogen-bond acceptors (Lipinski definition) is 4. The van der Waals surface area contributed by atoms with Gasteiger partial charge in [-0.25, -0.2) is 0 Å². The van der Waals surface area contributed by atoms with Gasteiger partial charge in [-0.1, -0.05) is 18.5 Å². The van der Waals surface area contributed by atoms with Gasteiger partial charge in [0.05, 0.1) is 5.02 Å². The van der Waals surface area contributed by atoms with Gasteiger partial charge in [-0.3, -0.25) is 4.79 Å². The lowest BCUT2D eigenvalue weighted by Crippen LogP contribution is -2.06. The number of carbonyl (C=O) groups excluding carboxylic acids is 1. The molecule has 0 aliphatic carbocycles. The normalized spacial score (nSPS) is 11.4. The summed E-state index contributed by atoms with van der Waals surface area (Å²) in [6.45, 7) is 6.64. The monoisotopic (exact) mass is 358 g/mol. The van der Waals surface area contributed by atoms with E-state index < -0.39 is 11.5 Å². The van der Waals surface area contributed by atoms with Crippen molar-refractivity contribution in [2.45, 2.75) is 33.7 Å². The number of phenolic OH excluding ortho intramolecular Hbond substituents is 2. The Morgan fingerprint density at radius 3 is 2.56 bits per heavy atom. The van der Waals surface area contributed by atoms with Crippen LogP contribution in [0.5, 0.6) is 11.5 Å². The summed E-state index contributed by atoms with van der Waals surface area (Å²) in [7, 11) is 0. The maximum absolute atomic E-state index is 12.8. The molecule has 2 aromatic rings. The number of ketones is 1. The molecule has 130 valence electrons. The second-order valence-corrected chi connectivity index (χ2v) is 6.21. The number of nitriles is 1. The molecular weight excluding hydrogens is 340 g/mol. The van der Waals surface area contributed by atoms with Crippen LogP contribution >= 0.6 is 11.6 Å². The van der Waals surface area contributed by atoms with Gasteiger partial charge < -0.3 is 14.8 Å². The third kappa shape index (κ3) is 3.70. The number of carbonyl (C=O) groups is 1. The highest BCUT2D eigenvalue weighted by Gasteiger charge is 2.19. The van der Waals surface area contributed by atoms with Crippen molar-refractivity contribution in [3.63, 3.8) is 0 Å². The van der Waals surface area contributed by atoms with Crippen molar-refractivity contribution in [1.29, 1.82) is 5.26 Å². The van der Waals surface area contributed by atoms with Crippen LogP contribution < -0.4 is 0 Å². The van der Waals surface area contributed by atoms with Crippen molar-refractivity contribution in [1.82, 2.24) is 4.57 Å².